The fourth-order valence-electron chi connectivity index (χ4n) is 1.43. The molecule has 2 heteroatoms. The van der Waals surface area contributed by atoms with E-state index in [0.717, 1.165) is 17.7 Å². The van der Waals surface area contributed by atoms with Gasteiger partial charge in [-0.2, -0.15) is 0 Å². The second kappa shape index (κ2) is 6.69. The van der Waals surface area contributed by atoms with Crippen LogP contribution >= 0.6 is 0 Å². The predicted molar refractivity (Wildman–Crippen MR) is 65.3 cm³/mol. The van der Waals surface area contributed by atoms with E-state index in [-0.39, 0.29) is 6.61 Å². The molecule has 1 rings (SSSR count). The average molecular weight is 213 g/mol. The molecular weight excluding hydrogens is 198 g/mol. The Morgan fingerprint density at radius 3 is 1.94 bits per heavy atom. The molecule has 2 nitrogen and oxygen atoms in total. The van der Waals surface area contributed by atoms with E-state index in [1.54, 1.807) is 0 Å². The first-order chi connectivity index (χ1) is 7.80. The fraction of sp³-hybridized carbons (Fsp3) is 0.286. The zero-order chi connectivity index (χ0) is 11.8. The standard InChI is InChI=1S/C14H15NO/c1-3-9-15(10-4-2)11-13-5-7-14(12-16)8-6-13/h1-2,5-8,16H,9-12H2. The lowest BCUT2D eigenvalue weighted by Crippen LogP contribution is -2.23. The van der Waals surface area contributed by atoms with E-state index in [1.807, 2.05) is 29.2 Å². The number of rotatable bonds is 5. The summed E-state index contributed by atoms with van der Waals surface area (Å²) in [5, 5.41) is 8.92. The topological polar surface area (TPSA) is 23.5 Å². The highest BCUT2D eigenvalue weighted by Gasteiger charge is 2.02. The Morgan fingerprint density at radius 1 is 1.00 bits per heavy atom. The summed E-state index contributed by atoms with van der Waals surface area (Å²) in [6.45, 7) is 1.90. The number of aliphatic hydroxyl groups excluding tert-OH is 1. The van der Waals surface area contributed by atoms with Crippen molar-refractivity contribution in [3.8, 4) is 24.7 Å². The van der Waals surface area contributed by atoms with E-state index in [1.165, 1.54) is 0 Å². The van der Waals surface area contributed by atoms with E-state index >= 15 is 0 Å². The Kier molecular flexibility index (Phi) is 5.16. The van der Waals surface area contributed by atoms with Gasteiger partial charge in [-0.15, -0.1) is 12.8 Å². The lowest BCUT2D eigenvalue weighted by Gasteiger charge is -2.16. The number of hydrogen-bond donors (Lipinski definition) is 1. The van der Waals surface area contributed by atoms with Crippen molar-refractivity contribution in [2.45, 2.75) is 13.2 Å². The van der Waals surface area contributed by atoms with E-state index in [9.17, 15) is 0 Å². The Balaban J connectivity index is 2.63. The van der Waals surface area contributed by atoms with Gasteiger partial charge in [-0.25, -0.2) is 0 Å². The second-order valence-corrected chi connectivity index (χ2v) is 3.53. The molecule has 0 aliphatic rings. The van der Waals surface area contributed by atoms with Crippen LogP contribution in [0.4, 0.5) is 0 Å². The summed E-state index contributed by atoms with van der Waals surface area (Å²) < 4.78 is 0. The minimum Gasteiger partial charge on any atom is -0.392 e. The number of hydrogen-bond acceptors (Lipinski definition) is 2. The fourth-order valence-corrected chi connectivity index (χ4v) is 1.43. The van der Waals surface area contributed by atoms with Gasteiger partial charge in [-0.3, -0.25) is 4.90 Å². The van der Waals surface area contributed by atoms with Gasteiger partial charge in [0.05, 0.1) is 19.7 Å². The van der Waals surface area contributed by atoms with Gasteiger partial charge in [-0.05, 0) is 11.1 Å². The smallest absolute Gasteiger partial charge is 0.0681 e. The summed E-state index contributed by atoms with van der Waals surface area (Å²) in [6.07, 6.45) is 10.5. The van der Waals surface area contributed by atoms with Crippen molar-refractivity contribution in [1.29, 1.82) is 0 Å². The molecule has 0 saturated heterocycles. The van der Waals surface area contributed by atoms with Gasteiger partial charge in [0.1, 0.15) is 0 Å². The van der Waals surface area contributed by atoms with Crippen LogP contribution in [-0.2, 0) is 13.2 Å². The molecule has 1 N–H and O–H groups in total. The summed E-state index contributed by atoms with van der Waals surface area (Å²) in [4.78, 5) is 2.01. The SMILES string of the molecule is C#CCN(CC#C)Cc1ccc(CO)cc1. The van der Waals surface area contributed by atoms with Crippen molar-refractivity contribution in [3.05, 3.63) is 35.4 Å². The maximum atomic E-state index is 8.92. The Bertz CT molecular complexity index is 378. The van der Waals surface area contributed by atoms with Gasteiger partial charge in [-0.1, -0.05) is 36.1 Å². The van der Waals surface area contributed by atoms with E-state index in [0.29, 0.717) is 13.1 Å². The lowest BCUT2D eigenvalue weighted by molar-refractivity contribution is 0.281. The van der Waals surface area contributed by atoms with Crippen molar-refractivity contribution in [2.24, 2.45) is 0 Å². The third-order valence-corrected chi connectivity index (χ3v) is 2.24. The minimum atomic E-state index is 0.0682. The summed E-state index contributed by atoms with van der Waals surface area (Å²) in [6, 6.07) is 7.76. The monoisotopic (exact) mass is 213 g/mol. The van der Waals surface area contributed by atoms with Crippen molar-refractivity contribution in [2.75, 3.05) is 13.1 Å². The zero-order valence-corrected chi connectivity index (χ0v) is 9.19. The predicted octanol–water partition coefficient (Wildman–Crippen LogP) is 1.25. The van der Waals surface area contributed by atoms with Crippen molar-refractivity contribution < 1.29 is 5.11 Å². The summed E-state index contributed by atoms with van der Waals surface area (Å²) in [7, 11) is 0. The van der Waals surface area contributed by atoms with E-state index < -0.39 is 0 Å². The molecule has 0 amide bonds. The molecule has 0 unspecified atom stereocenters. The van der Waals surface area contributed by atoms with Gasteiger partial charge in [0.2, 0.25) is 0 Å². The van der Waals surface area contributed by atoms with Crippen LogP contribution in [0.25, 0.3) is 0 Å². The molecule has 1 aromatic carbocycles. The average Bonchev–Trinajstić information content (AvgIpc) is 2.31. The number of nitrogens with zero attached hydrogens (tertiary/aromatic N) is 1. The Labute approximate surface area is 96.9 Å². The summed E-state index contributed by atoms with van der Waals surface area (Å²) in [5.74, 6) is 5.17. The number of aliphatic hydroxyl groups is 1. The molecule has 1 aromatic rings. The number of terminal acetylenes is 2. The molecule has 0 aromatic heterocycles. The van der Waals surface area contributed by atoms with Crippen LogP contribution in [0.5, 0.6) is 0 Å². The zero-order valence-electron chi connectivity index (χ0n) is 9.19. The minimum absolute atomic E-state index is 0.0682. The molecular formula is C14H15NO. The first-order valence-corrected chi connectivity index (χ1v) is 5.08. The largest absolute Gasteiger partial charge is 0.392 e. The molecule has 0 saturated carbocycles. The van der Waals surface area contributed by atoms with Crippen LogP contribution in [0, 0.1) is 24.7 Å². The molecule has 0 heterocycles. The van der Waals surface area contributed by atoms with Gasteiger partial charge in [0.15, 0.2) is 0 Å². The highest BCUT2D eigenvalue weighted by molar-refractivity contribution is 5.22. The molecule has 0 fully saturated rings. The van der Waals surface area contributed by atoms with Gasteiger partial charge < -0.3 is 5.11 Å². The molecule has 0 aliphatic heterocycles. The third kappa shape index (κ3) is 3.79. The number of benzene rings is 1. The Hall–Kier alpha value is -1.74. The maximum absolute atomic E-state index is 8.92. The van der Waals surface area contributed by atoms with Crippen molar-refractivity contribution in [1.82, 2.24) is 4.90 Å². The van der Waals surface area contributed by atoms with E-state index in [4.69, 9.17) is 18.0 Å². The van der Waals surface area contributed by atoms with Crippen LogP contribution in [0.3, 0.4) is 0 Å². The van der Waals surface area contributed by atoms with Crippen LogP contribution < -0.4 is 0 Å². The molecule has 0 aliphatic carbocycles. The van der Waals surface area contributed by atoms with Crippen LogP contribution in [-0.4, -0.2) is 23.1 Å². The quantitative estimate of drug-likeness (QED) is 0.744. The van der Waals surface area contributed by atoms with E-state index in [2.05, 4.69) is 11.8 Å². The van der Waals surface area contributed by atoms with Crippen molar-refractivity contribution >= 4 is 0 Å². The first kappa shape index (κ1) is 12.3. The van der Waals surface area contributed by atoms with Crippen molar-refractivity contribution in [3.63, 3.8) is 0 Å². The summed E-state index contributed by atoms with van der Waals surface area (Å²) in [5.41, 5.74) is 2.05. The molecule has 0 atom stereocenters. The van der Waals surface area contributed by atoms with Gasteiger partial charge in [0.25, 0.3) is 0 Å². The third-order valence-electron chi connectivity index (χ3n) is 2.24. The van der Waals surface area contributed by atoms with Gasteiger partial charge >= 0.3 is 0 Å². The lowest BCUT2D eigenvalue weighted by atomic mass is 10.1. The Morgan fingerprint density at radius 2 is 1.50 bits per heavy atom. The van der Waals surface area contributed by atoms with Gasteiger partial charge in [0, 0.05) is 6.54 Å². The van der Waals surface area contributed by atoms with Crippen LogP contribution in [0.1, 0.15) is 11.1 Å². The molecule has 0 radical (unpaired) electrons. The summed E-state index contributed by atoms with van der Waals surface area (Å²) >= 11 is 0. The molecule has 82 valence electrons. The maximum Gasteiger partial charge on any atom is 0.0681 e. The second-order valence-electron chi connectivity index (χ2n) is 3.53. The highest BCUT2D eigenvalue weighted by Crippen LogP contribution is 2.07. The molecule has 0 bridgehead atoms. The molecule has 0 spiro atoms. The first-order valence-electron chi connectivity index (χ1n) is 5.08. The normalized spacial score (nSPS) is 9.75. The van der Waals surface area contributed by atoms with Crippen LogP contribution in [0.2, 0.25) is 0 Å². The highest BCUT2D eigenvalue weighted by atomic mass is 16.3. The molecule has 16 heavy (non-hydrogen) atoms. The van der Waals surface area contributed by atoms with Crippen LogP contribution in [0.15, 0.2) is 24.3 Å².